The summed E-state index contributed by atoms with van der Waals surface area (Å²) in [6, 6.07) is 27.7. The van der Waals surface area contributed by atoms with Crippen LogP contribution in [0, 0.1) is 0 Å². The fourth-order valence-electron chi connectivity index (χ4n) is 3.62. The summed E-state index contributed by atoms with van der Waals surface area (Å²) in [5.41, 5.74) is 3.92. The summed E-state index contributed by atoms with van der Waals surface area (Å²) in [6.07, 6.45) is 0. The minimum Gasteiger partial charge on any atom is -0.337 e. The van der Waals surface area contributed by atoms with Crippen molar-refractivity contribution in [3.63, 3.8) is 0 Å². The third-order valence-electron chi connectivity index (χ3n) is 5.22. The molecule has 0 saturated carbocycles. The van der Waals surface area contributed by atoms with Gasteiger partial charge in [-0.1, -0.05) is 72.8 Å². The number of carbonyl (C=O) groups excluding carboxylic acids is 2. The zero-order valence-corrected chi connectivity index (χ0v) is 17.7. The van der Waals surface area contributed by atoms with E-state index in [1.54, 1.807) is 16.7 Å². The number of thioether (sulfide) groups is 1. The molecule has 0 aliphatic carbocycles. The van der Waals surface area contributed by atoms with Gasteiger partial charge in [0.1, 0.15) is 5.37 Å². The molecule has 3 aromatic carbocycles. The summed E-state index contributed by atoms with van der Waals surface area (Å²) in [7, 11) is 1.82. The Hall–Kier alpha value is -3.05. The van der Waals surface area contributed by atoms with Crippen LogP contribution >= 0.6 is 11.8 Å². The van der Waals surface area contributed by atoms with Gasteiger partial charge in [0, 0.05) is 25.7 Å². The van der Waals surface area contributed by atoms with Gasteiger partial charge in [-0.3, -0.25) is 9.59 Å². The normalized spacial score (nSPS) is 16.0. The first-order chi connectivity index (χ1) is 14.6. The fraction of sp³-hybridized carbons (Fsp3) is 0.200. The molecule has 1 heterocycles. The highest BCUT2D eigenvalue weighted by Crippen LogP contribution is 2.39. The number of hydrogen-bond donors (Lipinski definition) is 0. The quantitative estimate of drug-likeness (QED) is 0.583. The summed E-state index contributed by atoms with van der Waals surface area (Å²) in [6.45, 7) is 1.16. The molecule has 0 unspecified atom stereocenters. The lowest BCUT2D eigenvalue weighted by atomic mass is 10.1. The van der Waals surface area contributed by atoms with E-state index in [0.29, 0.717) is 24.4 Å². The Balaban J connectivity index is 1.45. The van der Waals surface area contributed by atoms with Crippen LogP contribution in [-0.4, -0.2) is 34.4 Å². The molecule has 0 spiro atoms. The van der Waals surface area contributed by atoms with Crippen LogP contribution < -0.4 is 0 Å². The molecule has 1 aliphatic rings. The van der Waals surface area contributed by atoms with Crippen LogP contribution in [0.3, 0.4) is 0 Å². The molecule has 30 heavy (non-hydrogen) atoms. The van der Waals surface area contributed by atoms with Crippen molar-refractivity contribution in [3.8, 4) is 0 Å². The molecule has 1 saturated heterocycles. The topological polar surface area (TPSA) is 40.6 Å². The van der Waals surface area contributed by atoms with Gasteiger partial charge in [-0.2, -0.15) is 0 Å². The second-order valence-corrected chi connectivity index (χ2v) is 8.51. The largest absolute Gasteiger partial charge is 0.337 e. The summed E-state index contributed by atoms with van der Waals surface area (Å²) >= 11 is 1.63. The van der Waals surface area contributed by atoms with E-state index in [2.05, 4.69) is 0 Å². The third kappa shape index (κ3) is 4.57. The standard InChI is InChI=1S/C25H24N2O2S/c1-26(16-19-8-4-2-5-9-19)24(29)21-12-14-22(15-13-21)25-27(23(28)18-30-25)17-20-10-6-3-7-11-20/h2-15,25H,16-18H2,1H3/t25-/m1/s1. The molecule has 3 aromatic rings. The molecule has 1 aliphatic heterocycles. The molecule has 0 aromatic heterocycles. The second-order valence-electron chi connectivity index (χ2n) is 7.44. The second kappa shape index (κ2) is 9.18. The highest BCUT2D eigenvalue weighted by atomic mass is 32.2. The number of amides is 2. The van der Waals surface area contributed by atoms with E-state index < -0.39 is 0 Å². The molecule has 2 amide bonds. The van der Waals surface area contributed by atoms with Gasteiger partial charge in [0.15, 0.2) is 0 Å². The summed E-state index contributed by atoms with van der Waals surface area (Å²) in [5, 5.41) is -0.0242. The first-order valence-electron chi connectivity index (χ1n) is 9.96. The molecule has 5 heteroatoms. The van der Waals surface area contributed by atoms with Crippen molar-refractivity contribution in [2.45, 2.75) is 18.5 Å². The Morgan fingerprint density at radius 2 is 1.53 bits per heavy atom. The van der Waals surface area contributed by atoms with E-state index in [1.165, 1.54) is 0 Å². The maximum Gasteiger partial charge on any atom is 0.253 e. The molecule has 0 radical (unpaired) electrons. The van der Waals surface area contributed by atoms with Gasteiger partial charge in [-0.15, -0.1) is 11.8 Å². The Morgan fingerprint density at radius 3 is 2.17 bits per heavy atom. The minimum atomic E-state index is -0.0242. The number of benzene rings is 3. The molecule has 4 nitrogen and oxygen atoms in total. The third-order valence-corrected chi connectivity index (χ3v) is 6.47. The van der Waals surface area contributed by atoms with E-state index in [4.69, 9.17) is 0 Å². The van der Waals surface area contributed by atoms with Crippen LogP contribution in [0.4, 0.5) is 0 Å². The zero-order chi connectivity index (χ0) is 20.9. The lowest BCUT2D eigenvalue weighted by molar-refractivity contribution is -0.128. The van der Waals surface area contributed by atoms with E-state index in [-0.39, 0.29) is 17.2 Å². The Morgan fingerprint density at radius 1 is 0.933 bits per heavy atom. The molecule has 0 bridgehead atoms. The van der Waals surface area contributed by atoms with Gasteiger partial charge < -0.3 is 9.80 Å². The van der Waals surface area contributed by atoms with Crippen molar-refractivity contribution in [2.75, 3.05) is 12.8 Å². The Bertz CT molecular complexity index is 1010. The summed E-state index contributed by atoms with van der Waals surface area (Å²) in [4.78, 5) is 28.9. The van der Waals surface area contributed by atoms with Crippen molar-refractivity contribution < 1.29 is 9.59 Å². The van der Waals surface area contributed by atoms with E-state index in [9.17, 15) is 9.59 Å². The SMILES string of the molecule is CN(Cc1ccccc1)C(=O)c1ccc([C@H]2SCC(=O)N2Cc2ccccc2)cc1. The lowest BCUT2D eigenvalue weighted by Crippen LogP contribution is -2.28. The molecule has 1 atom stereocenters. The maximum absolute atomic E-state index is 12.8. The van der Waals surface area contributed by atoms with E-state index in [1.807, 2.05) is 96.9 Å². The van der Waals surface area contributed by atoms with Gasteiger partial charge in [0.2, 0.25) is 5.91 Å². The predicted octanol–water partition coefficient (Wildman–Crippen LogP) is 4.73. The van der Waals surface area contributed by atoms with Crippen LogP contribution in [-0.2, 0) is 17.9 Å². The van der Waals surface area contributed by atoms with Crippen molar-refractivity contribution in [3.05, 3.63) is 107 Å². The summed E-state index contributed by atoms with van der Waals surface area (Å²) < 4.78 is 0. The van der Waals surface area contributed by atoms with Crippen LogP contribution in [0.25, 0.3) is 0 Å². The van der Waals surface area contributed by atoms with Gasteiger partial charge in [-0.05, 0) is 28.8 Å². The number of hydrogen-bond acceptors (Lipinski definition) is 3. The van der Waals surface area contributed by atoms with Gasteiger partial charge in [0.05, 0.1) is 5.75 Å². The van der Waals surface area contributed by atoms with Crippen molar-refractivity contribution in [1.82, 2.24) is 9.80 Å². The Labute approximate surface area is 181 Å². The first-order valence-corrected chi connectivity index (χ1v) is 11.0. The van der Waals surface area contributed by atoms with E-state index >= 15 is 0 Å². The number of rotatable bonds is 6. The van der Waals surface area contributed by atoms with Gasteiger partial charge in [0.25, 0.3) is 5.91 Å². The van der Waals surface area contributed by atoms with Crippen LogP contribution in [0.5, 0.6) is 0 Å². The molecule has 4 rings (SSSR count). The maximum atomic E-state index is 12.8. The number of nitrogens with zero attached hydrogens (tertiary/aromatic N) is 2. The molecular weight excluding hydrogens is 392 g/mol. The van der Waals surface area contributed by atoms with Crippen molar-refractivity contribution in [1.29, 1.82) is 0 Å². The minimum absolute atomic E-state index is 0.0123. The predicted molar refractivity (Wildman–Crippen MR) is 121 cm³/mol. The lowest BCUT2D eigenvalue weighted by Gasteiger charge is -2.24. The highest BCUT2D eigenvalue weighted by Gasteiger charge is 2.32. The molecule has 1 fully saturated rings. The van der Waals surface area contributed by atoms with Gasteiger partial charge >= 0.3 is 0 Å². The molecular formula is C25H24N2O2S. The van der Waals surface area contributed by atoms with Crippen LogP contribution in [0.15, 0.2) is 84.9 Å². The van der Waals surface area contributed by atoms with Crippen LogP contribution in [0.2, 0.25) is 0 Å². The first kappa shape index (κ1) is 20.2. The van der Waals surface area contributed by atoms with E-state index in [0.717, 1.165) is 16.7 Å². The van der Waals surface area contributed by atoms with Crippen molar-refractivity contribution in [2.24, 2.45) is 0 Å². The molecule has 152 valence electrons. The van der Waals surface area contributed by atoms with Crippen molar-refractivity contribution >= 4 is 23.6 Å². The smallest absolute Gasteiger partial charge is 0.253 e. The van der Waals surface area contributed by atoms with Crippen LogP contribution in [0.1, 0.15) is 32.4 Å². The highest BCUT2D eigenvalue weighted by molar-refractivity contribution is 8.00. The summed E-state index contributed by atoms with van der Waals surface area (Å²) in [5.74, 6) is 0.621. The molecule has 0 N–H and O–H groups in total. The zero-order valence-electron chi connectivity index (χ0n) is 16.9. The Kier molecular flexibility index (Phi) is 6.19. The monoisotopic (exact) mass is 416 g/mol. The number of carbonyl (C=O) groups is 2. The fourth-order valence-corrected chi connectivity index (χ4v) is 4.81. The van der Waals surface area contributed by atoms with Gasteiger partial charge in [-0.25, -0.2) is 0 Å². The average Bonchev–Trinajstić information content (AvgIpc) is 3.15. The average molecular weight is 417 g/mol.